The Bertz CT molecular complexity index is 572. The molecule has 0 unspecified atom stereocenters. The molecule has 2 rings (SSSR count). The molecule has 0 radical (unpaired) electrons. The Kier molecular flexibility index (Phi) is 5.25. The van der Waals surface area contributed by atoms with Crippen LogP contribution in [0.25, 0.3) is 0 Å². The Morgan fingerprint density at radius 2 is 2.05 bits per heavy atom. The van der Waals surface area contributed by atoms with Crippen LogP contribution in [0.4, 0.5) is 0 Å². The molecule has 0 spiro atoms. The van der Waals surface area contributed by atoms with Gasteiger partial charge in [0, 0.05) is 6.54 Å². The molecule has 0 bridgehead atoms. The summed E-state index contributed by atoms with van der Waals surface area (Å²) < 4.78 is 11.0. The second-order valence-corrected chi connectivity index (χ2v) is 11.8. The number of fused-ring (bicyclic) bond motifs is 1. The monoisotopic (exact) mass is 321 g/mol. The number of ether oxygens (including phenoxy) is 2. The van der Waals surface area contributed by atoms with Crippen LogP contribution in [0.3, 0.4) is 0 Å². The molecule has 21 heavy (non-hydrogen) atoms. The molecule has 0 saturated heterocycles. The summed E-state index contributed by atoms with van der Waals surface area (Å²) >= 11 is 1.71. The van der Waals surface area contributed by atoms with Gasteiger partial charge in [-0.2, -0.15) is 0 Å². The third-order valence-electron chi connectivity index (χ3n) is 3.03. The first-order valence-corrected chi connectivity index (χ1v) is 11.8. The van der Waals surface area contributed by atoms with Crippen LogP contribution in [-0.2, 0) is 6.54 Å². The fraction of sp³-hybridized carbons (Fsp3) is 0.500. The lowest BCUT2D eigenvalue weighted by Gasteiger charge is -2.17. The molecule has 114 valence electrons. The molecule has 1 heterocycles. The van der Waals surface area contributed by atoms with E-state index in [0.717, 1.165) is 24.6 Å². The van der Waals surface area contributed by atoms with Gasteiger partial charge in [0.15, 0.2) is 11.5 Å². The first-order chi connectivity index (χ1) is 9.90. The van der Waals surface area contributed by atoms with E-state index in [1.54, 1.807) is 11.8 Å². The highest BCUT2D eigenvalue weighted by molar-refractivity contribution is 7.98. The van der Waals surface area contributed by atoms with Crippen LogP contribution >= 0.6 is 11.8 Å². The van der Waals surface area contributed by atoms with Crippen LogP contribution in [0.5, 0.6) is 11.5 Å². The highest BCUT2D eigenvalue weighted by Crippen LogP contribution is 2.42. The minimum atomic E-state index is -1.28. The molecule has 1 aromatic carbocycles. The summed E-state index contributed by atoms with van der Waals surface area (Å²) in [5, 5.41) is 0. The molecular weight excluding hydrogens is 298 g/mol. The van der Waals surface area contributed by atoms with Crippen molar-refractivity contribution in [1.29, 1.82) is 0 Å². The van der Waals surface area contributed by atoms with Gasteiger partial charge in [-0.25, -0.2) is 0 Å². The normalized spacial score (nSPS) is 13.2. The van der Waals surface area contributed by atoms with Crippen molar-refractivity contribution in [2.45, 2.75) is 31.1 Å². The molecule has 0 N–H and O–H groups in total. The van der Waals surface area contributed by atoms with Crippen molar-refractivity contribution in [2.75, 3.05) is 26.6 Å². The molecule has 0 amide bonds. The van der Waals surface area contributed by atoms with Crippen LogP contribution < -0.4 is 9.47 Å². The predicted octanol–water partition coefficient (Wildman–Crippen LogP) is 3.45. The maximum Gasteiger partial charge on any atom is 0.231 e. The van der Waals surface area contributed by atoms with Crippen molar-refractivity contribution >= 4 is 19.8 Å². The Hall–Kier alpha value is -1.09. The molecule has 1 aliphatic heterocycles. The molecule has 0 atom stereocenters. The second kappa shape index (κ2) is 6.78. The Morgan fingerprint density at radius 3 is 2.71 bits per heavy atom. The van der Waals surface area contributed by atoms with Crippen LogP contribution in [0.1, 0.15) is 5.56 Å². The van der Waals surface area contributed by atoms with Crippen LogP contribution in [-0.4, -0.2) is 39.6 Å². The molecule has 0 saturated carbocycles. The van der Waals surface area contributed by atoms with E-state index in [1.807, 2.05) is 6.07 Å². The predicted molar refractivity (Wildman–Crippen MR) is 91.8 cm³/mol. The smallest absolute Gasteiger partial charge is 0.231 e. The standard InChI is InChI=1S/C16H23NO2SSi/c1-17(9-6-10-21(3,4)5)11-13-7-8-14-15(16(13)20-2)19-12-18-14/h7-8H,9,11-12H2,1-5H3. The highest BCUT2D eigenvalue weighted by Gasteiger charge is 2.20. The second-order valence-electron chi connectivity index (χ2n) is 6.22. The van der Waals surface area contributed by atoms with Gasteiger partial charge < -0.3 is 9.47 Å². The fourth-order valence-electron chi connectivity index (χ4n) is 2.12. The number of benzene rings is 1. The van der Waals surface area contributed by atoms with E-state index in [1.165, 1.54) is 10.5 Å². The molecule has 1 aromatic rings. The number of hydrogen-bond donors (Lipinski definition) is 0. The van der Waals surface area contributed by atoms with Gasteiger partial charge >= 0.3 is 0 Å². The zero-order chi connectivity index (χ0) is 15.5. The number of rotatable bonds is 4. The average Bonchev–Trinajstić information content (AvgIpc) is 2.85. The number of thioether (sulfide) groups is 1. The molecule has 1 aliphatic rings. The van der Waals surface area contributed by atoms with Gasteiger partial charge in [0.25, 0.3) is 0 Å². The van der Waals surface area contributed by atoms with E-state index < -0.39 is 8.07 Å². The van der Waals surface area contributed by atoms with E-state index in [0.29, 0.717) is 6.79 Å². The van der Waals surface area contributed by atoms with Gasteiger partial charge in [0.2, 0.25) is 6.79 Å². The quantitative estimate of drug-likeness (QED) is 0.481. The molecular formula is C16H23NO2SSi. The van der Waals surface area contributed by atoms with E-state index in [9.17, 15) is 0 Å². The number of hydrogen-bond acceptors (Lipinski definition) is 4. The Morgan fingerprint density at radius 1 is 1.29 bits per heavy atom. The van der Waals surface area contributed by atoms with Crippen molar-refractivity contribution in [1.82, 2.24) is 4.90 Å². The van der Waals surface area contributed by atoms with E-state index >= 15 is 0 Å². The van der Waals surface area contributed by atoms with Gasteiger partial charge in [0.1, 0.15) is 8.07 Å². The molecule has 0 aromatic heterocycles. The van der Waals surface area contributed by atoms with Crippen molar-refractivity contribution in [3.63, 3.8) is 0 Å². The van der Waals surface area contributed by atoms with Crippen molar-refractivity contribution < 1.29 is 9.47 Å². The zero-order valence-corrected chi connectivity index (χ0v) is 15.3. The summed E-state index contributed by atoms with van der Waals surface area (Å²) in [7, 11) is 0.829. The fourth-order valence-corrected chi connectivity index (χ4v) is 3.47. The first-order valence-electron chi connectivity index (χ1n) is 7.05. The summed E-state index contributed by atoms with van der Waals surface area (Å²) in [6, 6.07) is 4.13. The van der Waals surface area contributed by atoms with E-state index in [-0.39, 0.29) is 0 Å². The third-order valence-corrected chi connectivity index (χ3v) is 4.81. The molecule has 0 fully saturated rings. The zero-order valence-electron chi connectivity index (χ0n) is 13.4. The summed E-state index contributed by atoms with van der Waals surface area (Å²) in [5.41, 5.74) is 4.67. The van der Waals surface area contributed by atoms with Gasteiger partial charge in [-0.15, -0.1) is 17.3 Å². The largest absolute Gasteiger partial charge is 0.454 e. The summed E-state index contributed by atoms with van der Waals surface area (Å²) in [6.07, 6.45) is 2.08. The minimum Gasteiger partial charge on any atom is -0.454 e. The molecule has 0 aliphatic carbocycles. The van der Waals surface area contributed by atoms with Crippen molar-refractivity contribution in [3.8, 4) is 23.0 Å². The minimum absolute atomic E-state index is 0.323. The lowest BCUT2D eigenvalue weighted by molar-refractivity contribution is 0.172. The third kappa shape index (κ3) is 4.44. The maximum atomic E-state index is 5.58. The highest BCUT2D eigenvalue weighted by atomic mass is 32.2. The van der Waals surface area contributed by atoms with Gasteiger partial charge in [-0.3, -0.25) is 4.90 Å². The molecule has 5 heteroatoms. The Balaban J connectivity index is 2.07. The maximum absolute atomic E-state index is 5.58. The van der Waals surface area contributed by atoms with Crippen molar-refractivity contribution in [3.05, 3.63) is 17.7 Å². The molecule has 3 nitrogen and oxygen atoms in total. The van der Waals surface area contributed by atoms with Crippen molar-refractivity contribution in [2.24, 2.45) is 0 Å². The van der Waals surface area contributed by atoms with E-state index in [2.05, 4.69) is 55.4 Å². The summed E-state index contributed by atoms with van der Waals surface area (Å²) in [5.74, 6) is 5.05. The summed E-state index contributed by atoms with van der Waals surface area (Å²) in [4.78, 5) is 3.42. The summed E-state index contributed by atoms with van der Waals surface area (Å²) in [6.45, 7) is 8.79. The number of nitrogens with zero attached hydrogens (tertiary/aromatic N) is 1. The lowest BCUT2D eigenvalue weighted by Crippen LogP contribution is -2.21. The van der Waals surface area contributed by atoms with Crippen LogP contribution in [0.15, 0.2) is 17.0 Å². The van der Waals surface area contributed by atoms with Gasteiger partial charge in [-0.1, -0.05) is 31.6 Å². The SMILES string of the molecule is CSc1c(CN(C)CC#C[Si](C)(C)C)ccc2c1OCO2. The first kappa shape index (κ1) is 16.3. The van der Waals surface area contributed by atoms with Gasteiger partial charge in [-0.05, 0) is 24.9 Å². The van der Waals surface area contributed by atoms with E-state index in [4.69, 9.17) is 9.47 Å². The van der Waals surface area contributed by atoms with Crippen LogP contribution in [0.2, 0.25) is 19.6 Å². The Labute approximate surface area is 133 Å². The van der Waals surface area contributed by atoms with Crippen LogP contribution in [0, 0.1) is 11.5 Å². The average molecular weight is 322 g/mol. The lowest BCUT2D eigenvalue weighted by atomic mass is 10.2. The topological polar surface area (TPSA) is 21.7 Å². The van der Waals surface area contributed by atoms with Gasteiger partial charge in [0.05, 0.1) is 11.4 Å².